The molecule has 0 unspecified atom stereocenters. The summed E-state index contributed by atoms with van der Waals surface area (Å²) in [6.07, 6.45) is 9.97. The highest BCUT2D eigenvalue weighted by Crippen LogP contribution is 2.16. The van der Waals surface area contributed by atoms with Crippen molar-refractivity contribution in [1.29, 1.82) is 0 Å². The summed E-state index contributed by atoms with van der Waals surface area (Å²) in [5.41, 5.74) is 3.47. The molecule has 0 N–H and O–H groups in total. The van der Waals surface area contributed by atoms with Crippen LogP contribution in [0.3, 0.4) is 0 Å². The van der Waals surface area contributed by atoms with Gasteiger partial charge in [-0.05, 0) is 37.0 Å². The number of benzene rings is 1. The highest BCUT2D eigenvalue weighted by Gasteiger charge is 2.24. The molecule has 28 heavy (non-hydrogen) atoms. The first-order valence-corrected chi connectivity index (χ1v) is 9.77. The molecule has 0 spiro atoms. The predicted molar refractivity (Wildman–Crippen MR) is 110 cm³/mol. The van der Waals surface area contributed by atoms with E-state index >= 15 is 0 Å². The number of aryl methyl sites for hydroxylation is 1. The van der Waals surface area contributed by atoms with Gasteiger partial charge in [0.2, 0.25) is 0 Å². The Morgan fingerprint density at radius 1 is 1.29 bits per heavy atom. The molecule has 1 atom stereocenters. The SMILES string of the molecule is Cc1cccn2cc(C(=O)N(C/C=C/c3ccccc3)C[C@@H]3CCCO3)nc12. The molecule has 5 heteroatoms. The van der Waals surface area contributed by atoms with Gasteiger partial charge >= 0.3 is 0 Å². The van der Waals surface area contributed by atoms with Gasteiger partial charge in [0.15, 0.2) is 0 Å². The number of amides is 1. The van der Waals surface area contributed by atoms with Gasteiger partial charge in [0.1, 0.15) is 11.3 Å². The molecule has 0 radical (unpaired) electrons. The first kappa shape index (κ1) is 18.4. The van der Waals surface area contributed by atoms with E-state index in [2.05, 4.69) is 4.98 Å². The first-order valence-electron chi connectivity index (χ1n) is 9.77. The third kappa shape index (κ3) is 4.15. The van der Waals surface area contributed by atoms with E-state index in [-0.39, 0.29) is 12.0 Å². The molecule has 144 valence electrons. The average molecular weight is 375 g/mol. The van der Waals surface area contributed by atoms with E-state index in [1.165, 1.54) is 0 Å². The lowest BCUT2D eigenvalue weighted by atomic mass is 10.2. The number of pyridine rings is 1. The van der Waals surface area contributed by atoms with Crippen molar-refractivity contribution in [2.45, 2.75) is 25.9 Å². The van der Waals surface area contributed by atoms with Crippen molar-refractivity contribution in [3.05, 3.63) is 77.8 Å². The predicted octanol–water partition coefficient (Wildman–Crippen LogP) is 3.98. The second-order valence-corrected chi connectivity index (χ2v) is 7.21. The smallest absolute Gasteiger partial charge is 0.274 e. The Balaban J connectivity index is 1.55. The summed E-state index contributed by atoms with van der Waals surface area (Å²) in [4.78, 5) is 19.6. The van der Waals surface area contributed by atoms with Crippen LogP contribution in [-0.4, -0.2) is 46.0 Å². The van der Waals surface area contributed by atoms with E-state index in [1.807, 2.05) is 83.2 Å². The number of carbonyl (C=O) groups is 1. The lowest BCUT2D eigenvalue weighted by Gasteiger charge is -2.23. The lowest BCUT2D eigenvalue weighted by molar-refractivity contribution is 0.0550. The number of hydrogen-bond acceptors (Lipinski definition) is 3. The number of rotatable bonds is 6. The number of hydrogen-bond donors (Lipinski definition) is 0. The maximum atomic E-state index is 13.2. The van der Waals surface area contributed by atoms with Crippen LogP contribution in [0.2, 0.25) is 0 Å². The minimum atomic E-state index is -0.0590. The Morgan fingerprint density at radius 3 is 2.89 bits per heavy atom. The maximum absolute atomic E-state index is 13.2. The van der Waals surface area contributed by atoms with E-state index < -0.39 is 0 Å². The van der Waals surface area contributed by atoms with Crippen molar-refractivity contribution in [3.8, 4) is 0 Å². The molecular weight excluding hydrogens is 350 g/mol. The standard InChI is InChI=1S/C23H25N3O2/c1-18-8-5-13-25-17-21(24-22(18)25)23(27)26(16-20-12-7-15-28-20)14-6-11-19-9-3-2-4-10-19/h2-6,8-11,13,17,20H,7,12,14-16H2,1H3/b11-6+/t20-/m0/s1. The van der Waals surface area contributed by atoms with Gasteiger partial charge in [-0.2, -0.15) is 0 Å². The second kappa shape index (κ2) is 8.40. The molecule has 3 heterocycles. The zero-order chi connectivity index (χ0) is 19.3. The van der Waals surface area contributed by atoms with E-state index in [1.54, 1.807) is 0 Å². The Hall–Kier alpha value is -2.92. The van der Waals surface area contributed by atoms with Gasteiger partial charge in [0.05, 0.1) is 6.10 Å². The van der Waals surface area contributed by atoms with Crippen LogP contribution in [0.25, 0.3) is 11.7 Å². The first-order chi connectivity index (χ1) is 13.7. The molecule has 3 aromatic rings. The summed E-state index contributed by atoms with van der Waals surface area (Å²) in [6, 6.07) is 14.1. The molecule has 0 bridgehead atoms. The third-order valence-electron chi connectivity index (χ3n) is 5.07. The zero-order valence-corrected chi connectivity index (χ0v) is 16.1. The number of imidazole rings is 1. The van der Waals surface area contributed by atoms with Crippen LogP contribution in [0.5, 0.6) is 0 Å². The van der Waals surface area contributed by atoms with Gasteiger partial charge in [-0.15, -0.1) is 0 Å². The Bertz CT molecular complexity index is 972. The summed E-state index contributed by atoms with van der Waals surface area (Å²) in [7, 11) is 0. The topological polar surface area (TPSA) is 46.8 Å². The van der Waals surface area contributed by atoms with Gasteiger partial charge in [-0.25, -0.2) is 4.98 Å². The minimum absolute atomic E-state index is 0.0590. The van der Waals surface area contributed by atoms with E-state index in [4.69, 9.17) is 4.74 Å². The summed E-state index contributed by atoms with van der Waals surface area (Å²) in [6.45, 7) is 3.90. The molecule has 4 rings (SSSR count). The lowest BCUT2D eigenvalue weighted by Crippen LogP contribution is -2.37. The van der Waals surface area contributed by atoms with Crippen LogP contribution in [0.4, 0.5) is 0 Å². The Morgan fingerprint density at radius 2 is 2.14 bits per heavy atom. The molecule has 5 nitrogen and oxygen atoms in total. The van der Waals surface area contributed by atoms with Crippen LogP contribution in [0.1, 0.15) is 34.5 Å². The molecule has 1 saturated heterocycles. The van der Waals surface area contributed by atoms with Crippen LogP contribution < -0.4 is 0 Å². The quantitative estimate of drug-likeness (QED) is 0.655. The van der Waals surface area contributed by atoms with E-state index in [0.717, 1.165) is 36.2 Å². The number of aromatic nitrogens is 2. The monoisotopic (exact) mass is 375 g/mol. The van der Waals surface area contributed by atoms with Gasteiger partial charge in [0, 0.05) is 32.1 Å². The van der Waals surface area contributed by atoms with Crippen molar-refractivity contribution < 1.29 is 9.53 Å². The van der Waals surface area contributed by atoms with Gasteiger partial charge in [0.25, 0.3) is 5.91 Å². The molecule has 2 aromatic heterocycles. The summed E-state index contributed by atoms with van der Waals surface area (Å²) in [5, 5.41) is 0. The van der Waals surface area contributed by atoms with Crippen molar-refractivity contribution in [3.63, 3.8) is 0 Å². The molecule has 0 saturated carbocycles. The summed E-state index contributed by atoms with van der Waals surface area (Å²) < 4.78 is 7.68. The summed E-state index contributed by atoms with van der Waals surface area (Å²) in [5.74, 6) is -0.0590. The highest BCUT2D eigenvalue weighted by molar-refractivity contribution is 5.93. The number of ether oxygens (including phenoxy) is 1. The molecule has 1 fully saturated rings. The largest absolute Gasteiger partial charge is 0.376 e. The number of nitrogens with zero attached hydrogens (tertiary/aromatic N) is 3. The summed E-state index contributed by atoms with van der Waals surface area (Å²) >= 11 is 0. The minimum Gasteiger partial charge on any atom is -0.376 e. The average Bonchev–Trinajstić information content (AvgIpc) is 3.38. The van der Waals surface area contributed by atoms with Crippen molar-refractivity contribution >= 4 is 17.6 Å². The molecule has 1 aromatic carbocycles. The second-order valence-electron chi connectivity index (χ2n) is 7.21. The molecule has 1 amide bonds. The molecule has 0 aliphatic carbocycles. The van der Waals surface area contributed by atoms with Crippen molar-refractivity contribution in [2.24, 2.45) is 0 Å². The zero-order valence-electron chi connectivity index (χ0n) is 16.1. The highest BCUT2D eigenvalue weighted by atomic mass is 16.5. The van der Waals surface area contributed by atoms with Crippen LogP contribution in [0, 0.1) is 6.92 Å². The molecule has 1 aliphatic rings. The molecular formula is C23H25N3O2. The van der Waals surface area contributed by atoms with Crippen LogP contribution in [0.15, 0.2) is 60.9 Å². The van der Waals surface area contributed by atoms with E-state index in [0.29, 0.717) is 18.8 Å². The fraction of sp³-hybridized carbons (Fsp3) is 0.304. The Kier molecular flexibility index (Phi) is 5.53. The molecule has 1 aliphatic heterocycles. The van der Waals surface area contributed by atoms with Crippen LogP contribution >= 0.6 is 0 Å². The van der Waals surface area contributed by atoms with E-state index in [9.17, 15) is 4.79 Å². The van der Waals surface area contributed by atoms with Gasteiger partial charge < -0.3 is 14.0 Å². The van der Waals surface area contributed by atoms with Crippen molar-refractivity contribution in [2.75, 3.05) is 19.7 Å². The Labute approximate surface area is 165 Å². The fourth-order valence-corrected chi connectivity index (χ4v) is 3.57. The number of carbonyl (C=O) groups excluding carboxylic acids is 1. The normalized spacial score (nSPS) is 16.8. The number of fused-ring (bicyclic) bond motifs is 1. The maximum Gasteiger partial charge on any atom is 0.274 e. The van der Waals surface area contributed by atoms with Gasteiger partial charge in [-0.1, -0.05) is 48.6 Å². The van der Waals surface area contributed by atoms with Crippen LogP contribution in [-0.2, 0) is 4.74 Å². The third-order valence-corrected chi connectivity index (χ3v) is 5.07. The fourth-order valence-electron chi connectivity index (χ4n) is 3.57. The van der Waals surface area contributed by atoms with Crippen molar-refractivity contribution in [1.82, 2.24) is 14.3 Å². The van der Waals surface area contributed by atoms with Gasteiger partial charge in [-0.3, -0.25) is 4.79 Å².